The Bertz CT molecular complexity index is 368. The number of nitrogens with zero attached hydrogens (tertiary/aromatic N) is 1. The zero-order valence-corrected chi connectivity index (χ0v) is 8.50. The maximum Gasteiger partial charge on any atom is 0.117 e. The van der Waals surface area contributed by atoms with Gasteiger partial charge in [-0.3, -0.25) is 0 Å². The second kappa shape index (κ2) is 3.14. The van der Waals surface area contributed by atoms with Gasteiger partial charge >= 0.3 is 0 Å². The van der Waals surface area contributed by atoms with Crippen LogP contribution >= 0.6 is 0 Å². The van der Waals surface area contributed by atoms with E-state index in [-0.39, 0.29) is 0 Å². The third-order valence-corrected chi connectivity index (χ3v) is 3.78. The number of aliphatic hydroxyl groups is 1. The maximum atomic E-state index is 9.38. The average molecular weight is 205 g/mol. The lowest BCUT2D eigenvalue weighted by atomic mass is 10.2. The van der Waals surface area contributed by atoms with Crippen molar-refractivity contribution in [1.82, 2.24) is 0 Å². The van der Waals surface area contributed by atoms with E-state index in [1.54, 1.807) is 12.1 Å². The molecule has 1 aromatic carbocycles. The van der Waals surface area contributed by atoms with Crippen LogP contribution in [0.2, 0.25) is 0 Å². The number of aliphatic hydroxyl groups excluding tert-OH is 1. The SMILES string of the molecule is OCC1C2CN(c3cccc(O)c3)CC12. The number of phenols is 1. The minimum absolute atomic E-state index is 0.326. The molecule has 0 aromatic heterocycles. The second-order valence-electron chi connectivity index (χ2n) is 4.60. The van der Waals surface area contributed by atoms with Crippen LogP contribution in [0.3, 0.4) is 0 Å². The first-order valence-electron chi connectivity index (χ1n) is 5.44. The predicted molar refractivity (Wildman–Crippen MR) is 57.9 cm³/mol. The number of hydrogen-bond acceptors (Lipinski definition) is 3. The summed E-state index contributed by atoms with van der Waals surface area (Å²) >= 11 is 0. The van der Waals surface area contributed by atoms with Crippen molar-refractivity contribution >= 4 is 5.69 Å². The Labute approximate surface area is 89.0 Å². The molecular weight excluding hydrogens is 190 g/mol. The van der Waals surface area contributed by atoms with E-state index in [1.165, 1.54) is 0 Å². The van der Waals surface area contributed by atoms with Gasteiger partial charge in [-0.1, -0.05) is 6.07 Å². The van der Waals surface area contributed by atoms with Crippen LogP contribution in [0.4, 0.5) is 5.69 Å². The van der Waals surface area contributed by atoms with E-state index in [2.05, 4.69) is 4.90 Å². The third-order valence-electron chi connectivity index (χ3n) is 3.78. The van der Waals surface area contributed by atoms with Gasteiger partial charge in [0, 0.05) is 31.5 Å². The number of rotatable bonds is 2. The van der Waals surface area contributed by atoms with Crippen molar-refractivity contribution in [3.63, 3.8) is 0 Å². The molecule has 3 heteroatoms. The van der Waals surface area contributed by atoms with Gasteiger partial charge in [-0.25, -0.2) is 0 Å². The molecule has 80 valence electrons. The highest BCUT2D eigenvalue weighted by atomic mass is 16.3. The number of fused-ring (bicyclic) bond motifs is 1. The molecule has 0 spiro atoms. The summed E-state index contributed by atoms with van der Waals surface area (Å²) in [5.74, 6) is 2.22. The molecule has 2 fully saturated rings. The highest BCUT2D eigenvalue weighted by molar-refractivity contribution is 5.52. The van der Waals surface area contributed by atoms with E-state index in [1.807, 2.05) is 12.1 Å². The van der Waals surface area contributed by atoms with E-state index in [0.29, 0.717) is 30.1 Å². The minimum Gasteiger partial charge on any atom is -0.508 e. The summed E-state index contributed by atoms with van der Waals surface area (Å²) in [6.45, 7) is 2.39. The lowest BCUT2D eigenvalue weighted by Crippen LogP contribution is -2.24. The lowest BCUT2D eigenvalue weighted by Gasteiger charge is -2.21. The van der Waals surface area contributed by atoms with Crippen LogP contribution in [-0.2, 0) is 0 Å². The highest BCUT2D eigenvalue weighted by Gasteiger charge is 2.55. The van der Waals surface area contributed by atoms with Gasteiger partial charge in [0.15, 0.2) is 0 Å². The van der Waals surface area contributed by atoms with Crippen LogP contribution in [-0.4, -0.2) is 29.9 Å². The summed E-state index contributed by atoms with van der Waals surface area (Å²) in [5.41, 5.74) is 1.10. The summed E-state index contributed by atoms with van der Waals surface area (Å²) < 4.78 is 0. The van der Waals surface area contributed by atoms with Crippen LogP contribution in [0.1, 0.15) is 0 Å². The maximum absolute atomic E-state index is 9.38. The summed E-state index contributed by atoms with van der Waals surface area (Å²) in [7, 11) is 0. The van der Waals surface area contributed by atoms with Crippen molar-refractivity contribution in [2.45, 2.75) is 0 Å². The van der Waals surface area contributed by atoms with E-state index in [4.69, 9.17) is 5.11 Å². The van der Waals surface area contributed by atoms with Crippen LogP contribution in [0.25, 0.3) is 0 Å². The van der Waals surface area contributed by atoms with Crippen molar-refractivity contribution in [2.24, 2.45) is 17.8 Å². The molecule has 2 atom stereocenters. The number of piperidine rings is 1. The fraction of sp³-hybridized carbons (Fsp3) is 0.500. The molecule has 3 rings (SSSR count). The van der Waals surface area contributed by atoms with Crippen molar-refractivity contribution in [3.05, 3.63) is 24.3 Å². The zero-order chi connectivity index (χ0) is 10.4. The average Bonchev–Trinajstić information content (AvgIpc) is 2.70. The van der Waals surface area contributed by atoms with Gasteiger partial charge in [-0.05, 0) is 29.9 Å². The summed E-state index contributed by atoms with van der Waals surface area (Å²) in [6, 6.07) is 7.39. The highest BCUT2D eigenvalue weighted by Crippen LogP contribution is 2.52. The Hall–Kier alpha value is -1.22. The van der Waals surface area contributed by atoms with Gasteiger partial charge in [0.25, 0.3) is 0 Å². The minimum atomic E-state index is 0.326. The molecular formula is C12H15NO2. The number of anilines is 1. The fourth-order valence-corrected chi connectivity index (χ4v) is 2.82. The van der Waals surface area contributed by atoms with E-state index in [9.17, 15) is 5.11 Å². The van der Waals surface area contributed by atoms with Crippen LogP contribution < -0.4 is 4.90 Å². The van der Waals surface area contributed by atoms with Gasteiger partial charge in [0.1, 0.15) is 5.75 Å². The van der Waals surface area contributed by atoms with Crippen molar-refractivity contribution in [2.75, 3.05) is 24.6 Å². The molecule has 1 aromatic rings. The molecule has 0 radical (unpaired) electrons. The largest absolute Gasteiger partial charge is 0.508 e. The topological polar surface area (TPSA) is 43.7 Å². The number of hydrogen-bond donors (Lipinski definition) is 2. The molecule has 1 heterocycles. The predicted octanol–water partition coefficient (Wildman–Crippen LogP) is 1.07. The summed E-state index contributed by atoms with van der Waals surface area (Å²) in [6.07, 6.45) is 0. The lowest BCUT2D eigenvalue weighted by molar-refractivity contribution is 0.260. The van der Waals surface area contributed by atoms with E-state index < -0.39 is 0 Å². The number of phenolic OH excluding ortho intramolecular Hbond substituents is 1. The van der Waals surface area contributed by atoms with Crippen LogP contribution in [0.15, 0.2) is 24.3 Å². The van der Waals surface area contributed by atoms with Crippen molar-refractivity contribution in [1.29, 1.82) is 0 Å². The molecule has 2 N–H and O–H groups in total. The van der Waals surface area contributed by atoms with Crippen molar-refractivity contribution in [3.8, 4) is 5.75 Å². The van der Waals surface area contributed by atoms with Gasteiger partial charge < -0.3 is 15.1 Å². The zero-order valence-electron chi connectivity index (χ0n) is 8.50. The smallest absolute Gasteiger partial charge is 0.117 e. The first-order valence-corrected chi connectivity index (χ1v) is 5.44. The Kier molecular flexibility index (Phi) is 1.89. The van der Waals surface area contributed by atoms with Gasteiger partial charge in [-0.15, -0.1) is 0 Å². The molecule has 2 unspecified atom stereocenters. The van der Waals surface area contributed by atoms with Gasteiger partial charge in [0.2, 0.25) is 0 Å². The van der Waals surface area contributed by atoms with Gasteiger partial charge in [-0.2, -0.15) is 0 Å². The normalized spacial score (nSPS) is 32.9. The third kappa shape index (κ3) is 1.38. The standard InChI is InChI=1S/C12H15NO2/c14-7-12-10-5-13(6-11(10)12)8-2-1-3-9(15)4-8/h1-4,10-12,14-15H,5-7H2. The van der Waals surface area contributed by atoms with Crippen LogP contribution in [0, 0.1) is 17.8 Å². The second-order valence-corrected chi connectivity index (χ2v) is 4.60. The molecule has 1 aliphatic carbocycles. The first kappa shape index (κ1) is 9.04. The molecule has 15 heavy (non-hydrogen) atoms. The fourth-order valence-electron chi connectivity index (χ4n) is 2.82. The Morgan fingerprint density at radius 1 is 1.27 bits per heavy atom. The van der Waals surface area contributed by atoms with Gasteiger partial charge in [0.05, 0.1) is 0 Å². The quantitative estimate of drug-likeness (QED) is 0.759. The molecule has 2 aliphatic rings. The monoisotopic (exact) mass is 205 g/mol. The number of benzene rings is 1. The van der Waals surface area contributed by atoms with E-state index in [0.717, 1.165) is 18.8 Å². The first-order chi connectivity index (χ1) is 7.29. The Balaban J connectivity index is 1.72. The molecule has 1 aliphatic heterocycles. The Morgan fingerprint density at radius 2 is 2.00 bits per heavy atom. The molecule has 1 saturated carbocycles. The molecule has 0 bridgehead atoms. The molecule has 3 nitrogen and oxygen atoms in total. The summed E-state index contributed by atoms with van der Waals surface area (Å²) in [4.78, 5) is 2.29. The Morgan fingerprint density at radius 3 is 2.60 bits per heavy atom. The summed E-state index contributed by atoms with van der Waals surface area (Å²) in [5, 5.41) is 18.4. The number of aromatic hydroxyl groups is 1. The van der Waals surface area contributed by atoms with Crippen LogP contribution in [0.5, 0.6) is 5.75 Å². The molecule has 0 amide bonds. The van der Waals surface area contributed by atoms with Crippen molar-refractivity contribution < 1.29 is 10.2 Å². The molecule has 1 saturated heterocycles. The van der Waals surface area contributed by atoms with E-state index >= 15 is 0 Å².